The van der Waals surface area contributed by atoms with Crippen molar-refractivity contribution in [2.24, 2.45) is 0 Å². The van der Waals surface area contributed by atoms with Gasteiger partial charge in [0.25, 0.3) is 0 Å². The molecule has 2 aliphatic heterocycles. The summed E-state index contributed by atoms with van der Waals surface area (Å²) in [5.41, 5.74) is 0. The van der Waals surface area contributed by atoms with Crippen LogP contribution in [0.5, 0.6) is 0 Å². The largest absolute Gasteiger partial charge is 0.373 e. The molecule has 0 aromatic rings. The van der Waals surface area contributed by atoms with Gasteiger partial charge in [0, 0.05) is 19.1 Å². The van der Waals surface area contributed by atoms with E-state index in [1.165, 1.54) is 38.8 Å². The van der Waals surface area contributed by atoms with Gasteiger partial charge in [-0.15, -0.1) is 0 Å². The van der Waals surface area contributed by atoms with Gasteiger partial charge in [-0.1, -0.05) is 6.42 Å². The van der Waals surface area contributed by atoms with Gasteiger partial charge in [0.15, 0.2) is 0 Å². The molecule has 3 atom stereocenters. The maximum Gasteiger partial charge on any atom is 0.0678 e. The van der Waals surface area contributed by atoms with Crippen LogP contribution in [0.15, 0.2) is 0 Å². The van der Waals surface area contributed by atoms with E-state index in [1.54, 1.807) is 0 Å². The maximum atomic E-state index is 5.75. The predicted molar refractivity (Wildman–Crippen MR) is 66.7 cm³/mol. The van der Waals surface area contributed by atoms with Crippen LogP contribution in [-0.2, 0) is 4.74 Å². The molecule has 0 bridgehead atoms. The van der Waals surface area contributed by atoms with Crippen molar-refractivity contribution >= 4 is 0 Å². The van der Waals surface area contributed by atoms with E-state index in [0.717, 1.165) is 19.1 Å². The lowest BCUT2D eigenvalue weighted by molar-refractivity contribution is -0.0686. The van der Waals surface area contributed by atoms with Crippen molar-refractivity contribution in [3.05, 3.63) is 0 Å². The molecule has 0 saturated carbocycles. The second-order valence-corrected chi connectivity index (χ2v) is 5.45. The Hall–Kier alpha value is -0.120. The summed E-state index contributed by atoms with van der Waals surface area (Å²) in [7, 11) is 0. The first-order valence-corrected chi connectivity index (χ1v) is 6.85. The second-order valence-electron chi connectivity index (χ2n) is 5.45. The van der Waals surface area contributed by atoms with Gasteiger partial charge in [-0.3, -0.25) is 4.90 Å². The Bertz CT molecular complexity index is 194. The summed E-state index contributed by atoms with van der Waals surface area (Å²) in [5.74, 6) is 0. The first-order valence-electron chi connectivity index (χ1n) is 6.85. The highest BCUT2D eigenvalue weighted by molar-refractivity contribution is 4.77. The van der Waals surface area contributed by atoms with Gasteiger partial charge >= 0.3 is 0 Å². The monoisotopic (exact) mass is 226 g/mol. The average molecular weight is 226 g/mol. The van der Waals surface area contributed by atoms with Crippen LogP contribution < -0.4 is 5.32 Å². The number of hydrogen-bond donors (Lipinski definition) is 1. The fourth-order valence-electron chi connectivity index (χ4n) is 2.98. The summed E-state index contributed by atoms with van der Waals surface area (Å²) in [6.07, 6.45) is 6.26. The lowest BCUT2D eigenvalue weighted by atomic mass is 10.0. The molecule has 3 nitrogen and oxygen atoms in total. The molecule has 0 aliphatic carbocycles. The molecule has 2 saturated heterocycles. The number of morpholine rings is 1. The second kappa shape index (κ2) is 5.99. The van der Waals surface area contributed by atoms with Gasteiger partial charge in [0.05, 0.1) is 12.2 Å². The molecule has 94 valence electrons. The summed E-state index contributed by atoms with van der Waals surface area (Å²) in [4.78, 5) is 2.56. The molecule has 2 aliphatic rings. The quantitative estimate of drug-likeness (QED) is 0.791. The van der Waals surface area contributed by atoms with Crippen LogP contribution in [0.1, 0.15) is 39.5 Å². The zero-order valence-electron chi connectivity index (χ0n) is 10.7. The van der Waals surface area contributed by atoms with E-state index in [9.17, 15) is 0 Å². The van der Waals surface area contributed by atoms with Crippen molar-refractivity contribution in [1.29, 1.82) is 0 Å². The van der Waals surface area contributed by atoms with Gasteiger partial charge in [-0.2, -0.15) is 0 Å². The summed E-state index contributed by atoms with van der Waals surface area (Å²) < 4.78 is 5.75. The van der Waals surface area contributed by atoms with Crippen LogP contribution >= 0.6 is 0 Å². The van der Waals surface area contributed by atoms with E-state index in [2.05, 4.69) is 24.1 Å². The average Bonchev–Trinajstić information content (AvgIpc) is 2.27. The third-order valence-corrected chi connectivity index (χ3v) is 3.70. The topological polar surface area (TPSA) is 24.5 Å². The zero-order chi connectivity index (χ0) is 11.4. The Balaban J connectivity index is 1.68. The lowest BCUT2D eigenvalue weighted by Crippen LogP contribution is -2.47. The van der Waals surface area contributed by atoms with Crippen LogP contribution in [0.4, 0.5) is 0 Å². The summed E-state index contributed by atoms with van der Waals surface area (Å²) in [6, 6.07) is 0.766. The Kier molecular flexibility index (Phi) is 4.62. The summed E-state index contributed by atoms with van der Waals surface area (Å²) in [6.45, 7) is 9.04. The Morgan fingerprint density at radius 1 is 1.19 bits per heavy atom. The smallest absolute Gasteiger partial charge is 0.0678 e. The number of piperidine rings is 1. The fourth-order valence-corrected chi connectivity index (χ4v) is 2.98. The molecule has 1 unspecified atom stereocenters. The van der Waals surface area contributed by atoms with Crippen LogP contribution in [0.25, 0.3) is 0 Å². The predicted octanol–water partition coefficient (Wildman–Crippen LogP) is 1.63. The Labute approximate surface area is 99.5 Å². The van der Waals surface area contributed by atoms with Crippen molar-refractivity contribution in [3.63, 3.8) is 0 Å². The molecular weight excluding hydrogens is 200 g/mol. The minimum atomic E-state index is 0.406. The van der Waals surface area contributed by atoms with Crippen LogP contribution in [0.3, 0.4) is 0 Å². The van der Waals surface area contributed by atoms with Crippen molar-refractivity contribution in [1.82, 2.24) is 10.2 Å². The van der Waals surface area contributed by atoms with Crippen LogP contribution in [0, 0.1) is 0 Å². The molecule has 16 heavy (non-hydrogen) atoms. The van der Waals surface area contributed by atoms with Crippen LogP contribution in [-0.4, -0.2) is 49.3 Å². The van der Waals surface area contributed by atoms with Crippen molar-refractivity contribution in [3.8, 4) is 0 Å². The van der Waals surface area contributed by atoms with Gasteiger partial charge < -0.3 is 10.1 Å². The molecular formula is C13H26N2O. The zero-order valence-corrected chi connectivity index (χ0v) is 10.7. The molecule has 0 aromatic heterocycles. The number of nitrogens with one attached hydrogen (secondary N) is 1. The van der Waals surface area contributed by atoms with E-state index < -0.39 is 0 Å². The van der Waals surface area contributed by atoms with Crippen LogP contribution in [0.2, 0.25) is 0 Å². The van der Waals surface area contributed by atoms with E-state index in [4.69, 9.17) is 4.74 Å². The van der Waals surface area contributed by atoms with Crippen molar-refractivity contribution in [2.45, 2.75) is 57.8 Å². The minimum absolute atomic E-state index is 0.406. The van der Waals surface area contributed by atoms with E-state index in [-0.39, 0.29) is 0 Å². The number of nitrogens with zero attached hydrogens (tertiary/aromatic N) is 1. The third-order valence-electron chi connectivity index (χ3n) is 3.70. The molecule has 0 aromatic carbocycles. The third kappa shape index (κ3) is 3.72. The number of hydrogen-bond acceptors (Lipinski definition) is 3. The molecule has 0 radical (unpaired) electrons. The fraction of sp³-hybridized carbons (Fsp3) is 1.00. The highest BCUT2D eigenvalue weighted by Gasteiger charge is 2.22. The van der Waals surface area contributed by atoms with Crippen molar-refractivity contribution < 1.29 is 4.74 Å². The highest BCUT2D eigenvalue weighted by Crippen LogP contribution is 2.14. The lowest BCUT2D eigenvalue weighted by Gasteiger charge is -2.36. The first kappa shape index (κ1) is 12.3. The van der Waals surface area contributed by atoms with Gasteiger partial charge in [0.1, 0.15) is 0 Å². The Morgan fingerprint density at radius 3 is 2.56 bits per heavy atom. The standard InChI is InChI=1S/C13H26N2O/c1-11-9-15(10-12(2)16-11)8-6-13-5-3-4-7-14-13/h11-14H,3-10H2,1-2H3/t11-,12+,13?. The van der Waals surface area contributed by atoms with E-state index >= 15 is 0 Å². The molecule has 0 spiro atoms. The normalized spacial score (nSPS) is 37.5. The number of rotatable bonds is 3. The Morgan fingerprint density at radius 2 is 1.94 bits per heavy atom. The molecule has 2 rings (SSSR count). The summed E-state index contributed by atoms with van der Waals surface area (Å²) in [5, 5.41) is 3.62. The number of ether oxygens (including phenoxy) is 1. The van der Waals surface area contributed by atoms with Gasteiger partial charge in [0.2, 0.25) is 0 Å². The first-order chi connectivity index (χ1) is 7.74. The molecule has 0 amide bonds. The maximum absolute atomic E-state index is 5.75. The molecule has 1 N–H and O–H groups in total. The molecule has 3 heteroatoms. The molecule has 2 fully saturated rings. The minimum Gasteiger partial charge on any atom is -0.373 e. The van der Waals surface area contributed by atoms with E-state index in [0.29, 0.717) is 12.2 Å². The van der Waals surface area contributed by atoms with E-state index in [1.807, 2.05) is 0 Å². The van der Waals surface area contributed by atoms with Gasteiger partial charge in [-0.05, 0) is 46.2 Å². The van der Waals surface area contributed by atoms with Gasteiger partial charge in [-0.25, -0.2) is 0 Å². The summed E-state index contributed by atoms with van der Waals surface area (Å²) >= 11 is 0. The molecule has 2 heterocycles. The van der Waals surface area contributed by atoms with Crippen molar-refractivity contribution in [2.75, 3.05) is 26.2 Å². The highest BCUT2D eigenvalue weighted by atomic mass is 16.5. The SMILES string of the molecule is C[C@@H]1CN(CCC2CCCCN2)C[C@H](C)O1.